The van der Waals surface area contributed by atoms with Crippen molar-refractivity contribution in [1.82, 2.24) is 10.2 Å². The van der Waals surface area contributed by atoms with Crippen LogP contribution in [0.25, 0.3) is 0 Å². The van der Waals surface area contributed by atoms with E-state index in [1.165, 1.54) is 4.90 Å². The lowest BCUT2D eigenvalue weighted by molar-refractivity contribution is -0.142. The third-order valence-corrected chi connectivity index (χ3v) is 6.03. The molecule has 0 saturated carbocycles. The van der Waals surface area contributed by atoms with Gasteiger partial charge in [0.2, 0.25) is 5.91 Å². The Labute approximate surface area is 211 Å². The highest BCUT2D eigenvalue weighted by Gasteiger charge is 2.30. The van der Waals surface area contributed by atoms with Crippen molar-refractivity contribution in [2.75, 3.05) is 13.7 Å². The van der Waals surface area contributed by atoms with Gasteiger partial charge in [-0.15, -0.1) is 0 Å². The van der Waals surface area contributed by atoms with Gasteiger partial charge in [-0.25, -0.2) is 0 Å². The van der Waals surface area contributed by atoms with Gasteiger partial charge in [-0.1, -0.05) is 81.6 Å². The Bertz CT molecular complexity index is 1110. The molecule has 1 N–H and O–H groups in total. The van der Waals surface area contributed by atoms with Crippen LogP contribution < -0.4 is 10.1 Å². The number of hydrogen-bond acceptors (Lipinski definition) is 3. The van der Waals surface area contributed by atoms with Gasteiger partial charge in [-0.2, -0.15) is 0 Å². The first-order valence-electron chi connectivity index (χ1n) is 10.2. The van der Waals surface area contributed by atoms with Crippen LogP contribution in [0.2, 0.25) is 10.0 Å². The van der Waals surface area contributed by atoms with Gasteiger partial charge in [0, 0.05) is 29.5 Å². The third-order valence-electron chi connectivity index (χ3n) is 5.00. The van der Waals surface area contributed by atoms with Crippen molar-refractivity contribution in [2.24, 2.45) is 0 Å². The standard InChI is InChI=1S/C25H23BrCl2N2O3/c1-29-25(32)22(13-17-6-3-2-4-7-17)30(15-18-8-5-9-20(27)12-18)24(31)16-33-23-11-10-19(26)14-21(23)28/h2-12,14,22H,13,15-16H2,1H3,(H,29,32)/t22-/m1/s1. The van der Waals surface area contributed by atoms with Crippen molar-refractivity contribution < 1.29 is 14.3 Å². The summed E-state index contributed by atoms with van der Waals surface area (Å²) in [6.07, 6.45) is 0.353. The summed E-state index contributed by atoms with van der Waals surface area (Å²) in [7, 11) is 1.56. The lowest BCUT2D eigenvalue weighted by atomic mass is 10.0. The molecule has 33 heavy (non-hydrogen) atoms. The Balaban J connectivity index is 1.88. The van der Waals surface area contributed by atoms with Crippen molar-refractivity contribution in [2.45, 2.75) is 19.0 Å². The molecule has 3 rings (SSSR count). The average Bonchev–Trinajstić information content (AvgIpc) is 2.81. The third kappa shape index (κ3) is 7.22. The Morgan fingerprint density at radius 1 is 1.00 bits per heavy atom. The molecule has 8 heteroatoms. The van der Waals surface area contributed by atoms with Crippen LogP contribution in [0.1, 0.15) is 11.1 Å². The number of likely N-dealkylation sites (N-methyl/N-ethyl adjacent to an activating group) is 1. The largest absolute Gasteiger partial charge is 0.482 e. The maximum absolute atomic E-state index is 13.4. The zero-order valence-corrected chi connectivity index (χ0v) is 21.0. The molecule has 2 amide bonds. The molecule has 0 aliphatic rings. The number of rotatable bonds is 9. The van der Waals surface area contributed by atoms with E-state index in [2.05, 4.69) is 21.2 Å². The van der Waals surface area contributed by atoms with E-state index in [-0.39, 0.29) is 25.0 Å². The Morgan fingerprint density at radius 3 is 2.39 bits per heavy atom. The van der Waals surface area contributed by atoms with Crippen LogP contribution in [-0.2, 0) is 22.6 Å². The van der Waals surface area contributed by atoms with E-state index in [0.717, 1.165) is 15.6 Å². The quantitative estimate of drug-likeness (QED) is 0.382. The molecule has 0 bridgehead atoms. The SMILES string of the molecule is CNC(=O)[C@@H](Cc1ccccc1)N(Cc1cccc(Cl)c1)C(=O)COc1ccc(Br)cc1Cl. The fourth-order valence-corrected chi connectivity index (χ4v) is 4.31. The molecule has 0 saturated heterocycles. The van der Waals surface area contributed by atoms with E-state index >= 15 is 0 Å². The second-order valence-electron chi connectivity index (χ2n) is 7.33. The van der Waals surface area contributed by atoms with Crippen LogP contribution in [0, 0.1) is 0 Å². The van der Waals surface area contributed by atoms with Crippen LogP contribution in [0.3, 0.4) is 0 Å². The zero-order chi connectivity index (χ0) is 23.8. The molecule has 0 radical (unpaired) electrons. The molecule has 3 aromatic rings. The minimum absolute atomic E-state index is 0.196. The summed E-state index contributed by atoms with van der Waals surface area (Å²) in [5, 5.41) is 3.61. The summed E-state index contributed by atoms with van der Waals surface area (Å²) >= 11 is 15.7. The molecule has 1 atom stereocenters. The smallest absolute Gasteiger partial charge is 0.261 e. The summed E-state index contributed by atoms with van der Waals surface area (Å²) in [5.74, 6) is -0.232. The van der Waals surface area contributed by atoms with Gasteiger partial charge in [-0.05, 0) is 41.5 Å². The molecular weight excluding hydrogens is 527 g/mol. The van der Waals surface area contributed by atoms with E-state index in [1.807, 2.05) is 42.5 Å². The molecule has 0 heterocycles. The highest BCUT2D eigenvalue weighted by atomic mass is 79.9. The average molecular weight is 550 g/mol. The van der Waals surface area contributed by atoms with Crippen molar-refractivity contribution >= 4 is 50.9 Å². The first kappa shape index (κ1) is 25.1. The first-order valence-corrected chi connectivity index (χ1v) is 11.8. The van der Waals surface area contributed by atoms with Gasteiger partial charge in [0.1, 0.15) is 11.8 Å². The Morgan fingerprint density at radius 2 is 1.73 bits per heavy atom. The summed E-state index contributed by atoms with van der Waals surface area (Å²) in [4.78, 5) is 27.8. The molecule has 5 nitrogen and oxygen atoms in total. The number of ether oxygens (including phenoxy) is 1. The van der Waals surface area contributed by atoms with Crippen LogP contribution in [0.5, 0.6) is 5.75 Å². The van der Waals surface area contributed by atoms with E-state index in [4.69, 9.17) is 27.9 Å². The number of nitrogens with zero attached hydrogens (tertiary/aromatic N) is 1. The summed E-state index contributed by atoms with van der Waals surface area (Å²) in [6, 6.07) is 21.2. The summed E-state index contributed by atoms with van der Waals surface area (Å²) in [6.45, 7) is -0.0774. The lowest BCUT2D eigenvalue weighted by Gasteiger charge is -2.31. The predicted molar refractivity (Wildman–Crippen MR) is 135 cm³/mol. The lowest BCUT2D eigenvalue weighted by Crippen LogP contribution is -2.51. The van der Waals surface area contributed by atoms with Crippen LogP contribution in [0.15, 0.2) is 77.3 Å². The molecule has 0 unspecified atom stereocenters. The van der Waals surface area contributed by atoms with E-state index < -0.39 is 6.04 Å². The number of carbonyl (C=O) groups excluding carboxylic acids is 2. The minimum atomic E-state index is -0.743. The molecule has 0 spiro atoms. The second kappa shape index (κ2) is 12.1. The molecule has 0 aromatic heterocycles. The van der Waals surface area contributed by atoms with Gasteiger partial charge >= 0.3 is 0 Å². The Hall–Kier alpha value is -2.54. The minimum Gasteiger partial charge on any atom is -0.482 e. The van der Waals surface area contributed by atoms with Gasteiger partial charge in [0.15, 0.2) is 6.61 Å². The zero-order valence-electron chi connectivity index (χ0n) is 17.9. The molecule has 3 aromatic carbocycles. The van der Waals surface area contributed by atoms with Crippen LogP contribution in [-0.4, -0.2) is 36.4 Å². The highest BCUT2D eigenvalue weighted by Crippen LogP contribution is 2.28. The van der Waals surface area contributed by atoms with Crippen molar-refractivity contribution in [3.63, 3.8) is 0 Å². The van der Waals surface area contributed by atoms with E-state index in [0.29, 0.717) is 22.2 Å². The normalized spacial score (nSPS) is 11.5. The fraction of sp³-hybridized carbons (Fsp3) is 0.200. The molecule has 0 aliphatic heterocycles. The first-order chi connectivity index (χ1) is 15.9. The van der Waals surface area contributed by atoms with Gasteiger partial charge < -0.3 is 15.0 Å². The Kier molecular flexibility index (Phi) is 9.18. The maximum atomic E-state index is 13.4. The number of amides is 2. The number of nitrogens with one attached hydrogen (secondary N) is 1. The molecule has 0 aliphatic carbocycles. The number of carbonyl (C=O) groups is 2. The maximum Gasteiger partial charge on any atom is 0.261 e. The van der Waals surface area contributed by atoms with Gasteiger partial charge in [-0.3, -0.25) is 9.59 Å². The van der Waals surface area contributed by atoms with Crippen molar-refractivity contribution in [3.05, 3.63) is 98.4 Å². The predicted octanol–water partition coefficient (Wildman–Crippen LogP) is 5.52. The fourth-order valence-electron chi connectivity index (χ4n) is 3.37. The van der Waals surface area contributed by atoms with Gasteiger partial charge in [0.25, 0.3) is 5.91 Å². The monoisotopic (exact) mass is 548 g/mol. The number of hydrogen-bond donors (Lipinski definition) is 1. The van der Waals surface area contributed by atoms with Gasteiger partial charge in [0.05, 0.1) is 5.02 Å². The topological polar surface area (TPSA) is 58.6 Å². The number of halogens is 3. The second-order valence-corrected chi connectivity index (χ2v) is 9.09. The van der Waals surface area contributed by atoms with E-state index in [1.54, 1.807) is 37.4 Å². The summed E-state index contributed by atoms with van der Waals surface area (Å²) < 4.78 is 6.51. The van der Waals surface area contributed by atoms with E-state index in [9.17, 15) is 9.59 Å². The summed E-state index contributed by atoms with van der Waals surface area (Å²) in [5.41, 5.74) is 1.74. The number of benzene rings is 3. The highest BCUT2D eigenvalue weighted by molar-refractivity contribution is 9.10. The van der Waals surface area contributed by atoms with Crippen LogP contribution in [0.4, 0.5) is 0 Å². The van der Waals surface area contributed by atoms with Crippen LogP contribution >= 0.6 is 39.1 Å². The molecule has 0 fully saturated rings. The van der Waals surface area contributed by atoms with Crippen molar-refractivity contribution in [3.8, 4) is 5.75 Å². The van der Waals surface area contributed by atoms with Crippen molar-refractivity contribution in [1.29, 1.82) is 0 Å². The molecular formula is C25H23BrCl2N2O3. The molecule has 172 valence electrons.